The maximum absolute atomic E-state index is 12.1. The standard InChI is InChI=1S/C13H18N6O/c1-4-7-14-10-5-6-11(9(2)8-10)12(20)15-13-16-18-19(3)17-13/h5-6,8,14H,4,7H2,1-3H3,(H,15,17,20). The second kappa shape index (κ2) is 6.14. The van der Waals surface area contributed by atoms with E-state index in [-0.39, 0.29) is 11.9 Å². The van der Waals surface area contributed by atoms with E-state index in [4.69, 9.17) is 0 Å². The van der Waals surface area contributed by atoms with E-state index in [1.807, 2.05) is 19.1 Å². The molecule has 2 aromatic rings. The van der Waals surface area contributed by atoms with E-state index in [1.165, 1.54) is 4.80 Å². The molecule has 0 atom stereocenters. The zero-order valence-electron chi connectivity index (χ0n) is 11.8. The van der Waals surface area contributed by atoms with Gasteiger partial charge in [0.25, 0.3) is 11.9 Å². The number of aryl methyl sites for hydroxylation is 2. The molecule has 0 radical (unpaired) electrons. The summed E-state index contributed by atoms with van der Waals surface area (Å²) in [7, 11) is 1.64. The molecule has 0 saturated carbocycles. The van der Waals surface area contributed by atoms with Gasteiger partial charge in [-0.2, -0.15) is 4.80 Å². The second-order valence-corrected chi connectivity index (χ2v) is 4.51. The number of anilines is 2. The minimum Gasteiger partial charge on any atom is -0.385 e. The monoisotopic (exact) mass is 274 g/mol. The molecule has 7 heteroatoms. The van der Waals surface area contributed by atoms with E-state index in [2.05, 4.69) is 33.0 Å². The van der Waals surface area contributed by atoms with Crippen LogP contribution in [0.2, 0.25) is 0 Å². The third kappa shape index (κ3) is 3.31. The molecule has 0 aliphatic heterocycles. The van der Waals surface area contributed by atoms with Gasteiger partial charge in [-0.1, -0.05) is 12.0 Å². The van der Waals surface area contributed by atoms with Gasteiger partial charge in [0.1, 0.15) is 0 Å². The fourth-order valence-electron chi connectivity index (χ4n) is 1.80. The predicted molar refractivity (Wildman–Crippen MR) is 76.7 cm³/mol. The fraction of sp³-hybridized carbons (Fsp3) is 0.385. The molecule has 20 heavy (non-hydrogen) atoms. The van der Waals surface area contributed by atoms with Gasteiger partial charge in [-0.05, 0) is 42.3 Å². The molecule has 0 spiro atoms. The van der Waals surface area contributed by atoms with Crippen LogP contribution < -0.4 is 10.6 Å². The van der Waals surface area contributed by atoms with Crippen LogP contribution in [-0.2, 0) is 7.05 Å². The van der Waals surface area contributed by atoms with Crippen molar-refractivity contribution < 1.29 is 4.79 Å². The molecule has 1 heterocycles. The normalized spacial score (nSPS) is 10.3. The van der Waals surface area contributed by atoms with Crippen molar-refractivity contribution in [3.63, 3.8) is 0 Å². The van der Waals surface area contributed by atoms with Crippen molar-refractivity contribution in [2.24, 2.45) is 7.05 Å². The molecule has 2 rings (SSSR count). The Bertz CT molecular complexity index is 607. The summed E-state index contributed by atoms with van der Waals surface area (Å²) in [5.74, 6) is -0.0392. The summed E-state index contributed by atoms with van der Waals surface area (Å²) in [6.07, 6.45) is 1.06. The van der Waals surface area contributed by atoms with Gasteiger partial charge < -0.3 is 5.32 Å². The molecule has 2 N–H and O–H groups in total. The zero-order valence-corrected chi connectivity index (χ0v) is 11.8. The first kappa shape index (κ1) is 14.0. The van der Waals surface area contributed by atoms with E-state index in [1.54, 1.807) is 13.1 Å². The number of hydrogen-bond acceptors (Lipinski definition) is 5. The van der Waals surface area contributed by atoms with Gasteiger partial charge in [-0.3, -0.25) is 10.1 Å². The van der Waals surface area contributed by atoms with Crippen LogP contribution in [0.1, 0.15) is 29.3 Å². The van der Waals surface area contributed by atoms with Gasteiger partial charge in [0.15, 0.2) is 0 Å². The van der Waals surface area contributed by atoms with E-state index < -0.39 is 0 Å². The first-order valence-corrected chi connectivity index (χ1v) is 6.50. The number of nitrogens with zero attached hydrogens (tertiary/aromatic N) is 4. The molecule has 0 aliphatic carbocycles. The highest BCUT2D eigenvalue weighted by molar-refractivity contribution is 6.04. The molecule has 1 aromatic heterocycles. The highest BCUT2D eigenvalue weighted by Crippen LogP contribution is 2.16. The summed E-state index contributed by atoms with van der Waals surface area (Å²) in [6, 6.07) is 5.63. The van der Waals surface area contributed by atoms with Crippen LogP contribution in [0.4, 0.5) is 11.6 Å². The van der Waals surface area contributed by atoms with Crippen LogP contribution in [-0.4, -0.2) is 32.7 Å². The molecule has 1 amide bonds. The Morgan fingerprint density at radius 2 is 2.20 bits per heavy atom. The first-order valence-electron chi connectivity index (χ1n) is 6.50. The van der Waals surface area contributed by atoms with Crippen LogP contribution in [0.25, 0.3) is 0 Å². The van der Waals surface area contributed by atoms with E-state index in [9.17, 15) is 4.79 Å². The van der Waals surface area contributed by atoms with E-state index in [0.717, 1.165) is 24.2 Å². The first-order chi connectivity index (χ1) is 9.60. The van der Waals surface area contributed by atoms with Crippen LogP contribution in [0.5, 0.6) is 0 Å². The summed E-state index contributed by atoms with van der Waals surface area (Å²) >= 11 is 0. The SMILES string of the molecule is CCCNc1ccc(C(=O)Nc2nnn(C)n2)c(C)c1. The molecule has 0 bridgehead atoms. The number of aromatic nitrogens is 4. The Morgan fingerprint density at radius 3 is 2.80 bits per heavy atom. The van der Waals surface area contributed by atoms with Crippen molar-refractivity contribution in [3.05, 3.63) is 29.3 Å². The Morgan fingerprint density at radius 1 is 1.40 bits per heavy atom. The topological polar surface area (TPSA) is 84.7 Å². The number of nitrogens with one attached hydrogen (secondary N) is 2. The van der Waals surface area contributed by atoms with Gasteiger partial charge in [0.05, 0.1) is 7.05 Å². The molecular weight excluding hydrogens is 256 g/mol. The van der Waals surface area contributed by atoms with Gasteiger partial charge in [-0.25, -0.2) is 0 Å². The lowest BCUT2D eigenvalue weighted by molar-refractivity contribution is 0.102. The van der Waals surface area contributed by atoms with Crippen LogP contribution in [0, 0.1) is 6.92 Å². The lowest BCUT2D eigenvalue weighted by Gasteiger charge is -2.09. The number of amides is 1. The zero-order chi connectivity index (χ0) is 14.5. The smallest absolute Gasteiger partial charge is 0.270 e. The lowest BCUT2D eigenvalue weighted by atomic mass is 10.1. The summed E-state index contributed by atoms with van der Waals surface area (Å²) < 4.78 is 0. The fourth-order valence-corrected chi connectivity index (χ4v) is 1.80. The number of benzene rings is 1. The Labute approximate surface area is 117 Å². The average Bonchev–Trinajstić information content (AvgIpc) is 2.81. The van der Waals surface area contributed by atoms with Crippen LogP contribution in [0.3, 0.4) is 0 Å². The minimum absolute atomic E-state index is 0.199. The predicted octanol–water partition coefficient (Wildman–Crippen LogP) is 1.59. The van der Waals surface area contributed by atoms with Crippen molar-refractivity contribution in [1.82, 2.24) is 20.2 Å². The highest BCUT2D eigenvalue weighted by atomic mass is 16.1. The van der Waals surface area contributed by atoms with Crippen molar-refractivity contribution in [2.75, 3.05) is 17.2 Å². The van der Waals surface area contributed by atoms with Crippen molar-refractivity contribution in [2.45, 2.75) is 20.3 Å². The second-order valence-electron chi connectivity index (χ2n) is 4.51. The molecule has 1 aromatic carbocycles. The van der Waals surface area contributed by atoms with Gasteiger partial charge >= 0.3 is 0 Å². The lowest BCUT2D eigenvalue weighted by Crippen LogP contribution is -2.15. The summed E-state index contributed by atoms with van der Waals surface area (Å²) in [6.45, 7) is 4.92. The summed E-state index contributed by atoms with van der Waals surface area (Å²) in [5.41, 5.74) is 2.51. The number of carbonyl (C=O) groups excluding carboxylic acids is 1. The van der Waals surface area contributed by atoms with E-state index in [0.29, 0.717) is 5.56 Å². The molecular formula is C13H18N6O. The third-order valence-corrected chi connectivity index (χ3v) is 2.78. The molecule has 0 unspecified atom stereocenters. The van der Waals surface area contributed by atoms with Gasteiger partial charge in [0, 0.05) is 17.8 Å². The Kier molecular flexibility index (Phi) is 4.29. The molecule has 0 saturated heterocycles. The van der Waals surface area contributed by atoms with Gasteiger partial charge in [-0.15, -0.1) is 5.10 Å². The molecule has 0 fully saturated rings. The Hall–Kier alpha value is -2.44. The van der Waals surface area contributed by atoms with E-state index >= 15 is 0 Å². The molecule has 7 nitrogen and oxygen atoms in total. The maximum atomic E-state index is 12.1. The summed E-state index contributed by atoms with van der Waals surface area (Å²) in [4.78, 5) is 13.4. The largest absolute Gasteiger partial charge is 0.385 e. The number of tetrazole rings is 1. The van der Waals surface area contributed by atoms with Crippen molar-refractivity contribution in [1.29, 1.82) is 0 Å². The number of carbonyl (C=O) groups is 1. The number of hydrogen-bond donors (Lipinski definition) is 2. The summed E-state index contributed by atoms with van der Waals surface area (Å²) in [5, 5.41) is 17.2. The quantitative estimate of drug-likeness (QED) is 0.865. The highest BCUT2D eigenvalue weighted by Gasteiger charge is 2.12. The van der Waals surface area contributed by atoms with Crippen LogP contribution in [0.15, 0.2) is 18.2 Å². The Balaban J connectivity index is 2.09. The van der Waals surface area contributed by atoms with Crippen LogP contribution >= 0.6 is 0 Å². The minimum atomic E-state index is -0.238. The molecule has 0 aliphatic rings. The number of rotatable bonds is 5. The van der Waals surface area contributed by atoms with Crippen molar-refractivity contribution in [3.8, 4) is 0 Å². The average molecular weight is 274 g/mol. The van der Waals surface area contributed by atoms with Gasteiger partial charge in [0.2, 0.25) is 0 Å². The molecule has 106 valence electrons. The maximum Gasteiger partial charge on any atom is 0.270 e. The third-order valence-electron chi connectivity index (χ3n) is 2.78. The van der Waals surface area contributed by atoms with Crippen molar-refractivity contribution >= 4 is 17.5 Å².